The highest BCUT2D eigenvalue weighted by Gasteiger charge is 2.27. The van der Waals surface area contributed by atoms with Crippen LogP contribution in [0.5, 0.6) is 5.75 Å². The summed E-state index contributed by atoms with van der Waals surface area (Å²) in [5.41, 5.74) is 4.15. The Morgan fingerprint density at radius 2 is 1.74 bits per heavy atom. The van der Waals surface area contributed by atoms with E-state index in [-0.39, 0.29) is 16.7 Å². The maximum Gasteiger partial charge on any atom is 0.264 e. The van der Waals surface area contributed by atoms with Gasteiger partial charge < -0.3 is 4.74 Å². The number of rotatable bonds is 9. The second kappa shape index (κ2) is 10.9. The molecule has 0 aromatic heterocycles. The lowest BCUT2D eigenvalue weighted by molar-refractivity contribution is -0.119. The average molecular weight is 514 g/mol. The second-order valence-electron chi connectivity index (χ2n) is 7.94. The van der Waals surface area contributed by atoms with Crippen LogP contribution in [0, 0.1) is 12.7 Å². The number of amides is 1. The number of ether oxygens (including phenoxy) is 1. The zero-order valence-corrected chi connectivity index (χ0v) is 20.6. The maximum atomic E-state index is 13.4. The number of nitrogens with one attached hydrogen (secondary N) is 1. The molecule has 182 valence electrons. The van der Waals surface area contributed by atoms with Crippen LogP contribution >= 0.6 is 11.8 Å². The third kappa shape index (κ3) is 6.40. The van der Waals surface area contributed by atoms with Crippen molar-refractivity contribution < 1.29 is 22.3 Å². The van der Waals surface area contributed by atoms with Crippen molar-refractivity contribution in [1.82, 2.24) is 5.43 Å². The van der Waals surface area contributed by atoms with Gasteiger partial charge in [0, 0.05) is 11.5 Å². The van der Waals surface area contributed by atoms with Gasteiger partial charge in [-0.2, -0.15) is 16.9 Å². The number of nitrogens with zero attached hydrogens (tertiary/aromatic N) is 2. The van der Waals surface area contributed by atoms with Crippen LogP contribution in [-0.4, -0.2) is 44.7 Å². The van der Waals surface area contributed by atoms with E-state index in [0.29, 0.717) is 0 Å². The first-order valence-corrected chi connectivity index (χ1v) is 13.4. The Morgan fingerprint density at radius 3 is 2.34 bits per heavy atom. The largest absolute Gasteiger partial charge is 0.489 e. The average Bonchev–Trinajstić information content (AvgIpc) is 2.82. The smallest absolute Gasteiger partial charge is 0.264 e. The van der Waals surface area contributed by atoms with Crippen LogP contribution in [0.2, 0.25) is 0 Å². The van der Waals surface area contributed by atoms with Gasteiger partial charge in [-0.3, -0.25) is 9.10 Å². The Labute approximate surface area is 208 Å². The first-order chi connectivity index (χ1) is 16.8. The molecule has 10 heteroatoms. The van der Waals surface area contributed by atoms with E-state index < -0.39 is 28.3 Å². The summed E-state index contributed by atoms with van der Waals surface area (Å²) in [6.07, 6.45) is 1.71. The topological polar surface area (TPSA) is 88.1 Å². The zero-order chi connectivity index (χ0) is 24.8. The summed E-state index contributed by atoms with van der Waals surface area (Å²) in [6.45, 7) is 1.30. The number of carbonyl (C=O) groups is 1. The second-order valence-corrected chi connectivity index (χ2v) is 10.9. The Bertz CT molecular complexity index is 1290. The fourth-order valence-electron chi connectivity index (χ4n) is 3.21. The molecule has 1 aliphatic rings. The minimum Gasteiger partial charge on any atom is -0.489 e. The van der Waals surface area contributed by atoms with Gasteiger partial charge in [-0.1, -0.05) is 17.7 Å². The number of hydrogen-bond acceptors (Lipinski definition) is 6. The molecule has 0 spiro atoms. The van der Waals surface area contributed by atoms with Crippen LogP contribution < -0.4 is 14.5 Å². The van der Waals surface area contributed by atoms with E-state index >= 15 is 0 Å². The van der Waals surface area contributed by atoms with Gasteiger partial charge in [-0.05, 0) is 73.2 Å². The van der Waals surface area contributed by atoms with Crippen molar-refractivity contribution in [2.45, 2.75) is 17.9 Å². The highest BCUT2D eigenvalue weighted by molar-refractivity contribution is 8.00. The molecule has 1 N–H and O–H groups in total. The van der Waals surface area contributed by atoms with E-state index in [0.717, 1.165) is 44.8 Å². The highest BCUT2D eigenvalue weighted by atomic mass is 32.2. The summed E-state index contributed by atoms with van der Waals surface area (Å²) in [4.78, 5) is 12.6. The number of carbonyl (C=O) groups excluding carboxylic acids is 1. The number of thioether (sulfide) groups is 1. The van der Waals surface area contributed by atoms with E-state index in [1.807, 2.05) is 43.0 Å². The number of aryl methyl sites for hydroxylation is 1. The van der Waals surface area contributed by atoms with Gasteiger partial charge in [0.15, 0.2) is 0 Å². The summed E-state index contributed by atoms with van der Waals surface area (Å²) >= 11 is 1.84. The quantitative estimate of drug-likeness (QED) is 0.346. The van der Waals surface area contributed by atoms with Gasteiger partial charge in [0.05, 0.1) is 16.8 Å². The van der Waals surface area contributed by atoms with Gasteiger partial charge in [0.1, 0.15) is 24.2 Å². The third-order valence-corrected chi connectivity index (χ3v) is 8.21. The molecule has 3 aromatic carbocycles. The first-order valence-electron chi connectivity index (χ1n) is 10.8. The number of hydrogen-bond donors (Lipinski definition) is 1. The van der Waals surface area contributed by atoms with E-state index in [4.69, 9.17) is 4.74 Å². The lowest BCUT2D eigenvalue weighted by atomic mass is 10.2. The fraction of sp³-hybridized carbons (Fsp3) is 0.200. The van der Waals surface area contributed by atoms with Crippen LogP contribution in [0.4, 0.5) is 10.1 Å². The van der Waals surface area contributed by atoms with Gasteiger partial charge in [-0.15, -0.1) is 0 Å². The van der Waals surface area contributed by atoms with Crippen molar-refractivity contribution in [3.8, 4) is 5.75 Å². The van der Waals surface area contributed by atoms with Gasteiger partial charge in [0.2, 0.25) is 0 Å². The minimum atomic E-state index is -4.09. The summed E-state index contributed by atoms with van der Waals surface area (Å²) in [7, 11) is -4.09. The molecule has 0 unspecified atom stereocenters. The highest BCUT2D eigenvalue weighted by Crippen LogP contribution is 2.25. The lowest BCUT2D eigenvalue weighted by Crippen LogP contribution is -2.39. The summed E-state index contributed by atoms with van der Waals surface area (Å²) in [6, 6.07) is 18.4. The molecule has 4 rings (SSSR count). The van der Waals surface area contributed by atoms with Crippen molar-refractivity contribution in [3.05, 3.63) is 89.7 Å². The first kappa shape index (κ1) is 24.7. The molecule has 1 heterocycles. The van der Waals surface area contributed by atoms with Crippen molar-refractivity contribution >= 4 is 39.6 Å². The predicted octanol–water partition coefficient (Wildman–Crippen LogP) is 3.97. The lowest BCUT2D eigenvalue weighted by Gasteiger charge is -2.25. The predicted molar refractivity (Wildman–Crippen MR) is 136 cm³/mol. The molecule has 0 saturated carbocycles. The molecule has 1 fully saturated rings. The summed E-state index contributed by atoms with van der Waals surface area (Å²) in [5.74, 6) is 1.59. The number of anilines is 1. The Kier molecular flexibility index (Phi) is 7.72. The zero-order valence-electron chi connectivity index (χ0n) is 18.9. The molecule has 3 aromatic rings. The minimum absolute atomic E-state index is 0.0199. The number of halogens is 1. The fourth-order valence-corrected chi connectivity index (χ4v) is 5.20. The summed E-state index contributed by atoms with van der Waals surface area (Å²) < 4.78 is 46.7. The van der Waals surface area contributed by atoms with Crippen LogP contribution in [0.3, 0.4) is 0 Å². The van der Waals surface area contributed by atoms with Gasteiger partial charge in [-0.25, -0.2) is 18.2 Å². The molecule has 0 bridgehead atoms. The molecule has 0 atom stereocenters. The van der Waals surface area contributed by atoms with E-state index in [1.54, 1.807) is 12.1 Å². The standard InChI is InChI=1S/C25H24FN3O4S2/c1-18-2-12-24(13-3-18)35(31,32)29(21-8-6-20(26)7-9-21)15-25(30)28-27-14-19-4-10-22(11-5-19)33-23-16-34-17-23/h2-14,23H,15-17H2,1H3,(H,28,30)/b27-14-. The molecule has 1 saturated heterocycles. The molecule has 1 amide bonds. The number of sulfonamides is 1. The SMILES string of the molecule is Cc1ccc(S(=O)(=O)N(CC(=O)N/N=C\c2ccc(OC3CSC3)cc2)c2ccc(F)cc2)cc1. The number of benzene rings is 3. The van der Waals surface area contributed by atoms with Gasteiger partial charge >= 0.3 is 0 Å². The molecule has 0 aliphatic carbocycles. The van der Waals surface area contributed by atoms with Gasteiger partial charge in [0.25, 0.3) is 15.9 Å². The maximum absolute atomic E-state index is 13.4. The Balaban J connectivity index is 1.45. The normalized spacial score (nSPS) is 13.9. The molecule has 7 nitrogen and oxygen atoms in total. The van der Waals surface area contributed by atoms with Crippen molar-refractivity contribution in [2.24, 2.45) is 5.10 Å². The monoisotopic (exact) mass is 513 g/mol. The van der Waals surface area contributed by atoms with Crippen molar-refractivity contribution in [3.63, 3.8) is 0 Å². The molecular formula is C25H24FN3O4S2. The third-order valence-electron chi connectivity index (χ3n) is 5.20. The molecule has 1 aliphatic heterocycles. The van der Waals surface area contributed by atoms with Crippen molar-refractivity contribution in [2.75, 3.05) is 22.4 Å². The molecule has 35 heavy (non-hydrogen) atoms. The molecular weight excluding hydrogens is 489 g/mol. The van der Waals surface area contributed by atoms with E-state index in [9.17, 15) is 17.6 Å². The van der Waals surface area contributed by atoms with Crippen LogP contribution in [-0.2, 0) is 14.8 Å². The Morgan fingerprint density at radius 1 is 1.09 bits per heavy atom. The van der Waals surface area contributed by atoms with Crippen LogP contribution in [0.1, 0.15) is 11.1 Å². The van der Waals surface area contributed by atoms with Crippen LogP contribution in [0.15, 0.2) is 82.8 Å². The summed E-state index contributed by atoms with van der Waals surface area (Å²) in [5, 5.41) is 3.94. The van der Waals surface area contributed by atoms with E-state index in [2.05, 4.69) is 10.5 Å². The number of hydrazone groups is 1. The van der Waals surface area contributed by atoms with Crippen LogP contribution in [0.25, 0.3) is 0 Å². The van der Waals surface area contributed by atoms with E-state index in [1.165, 1.54) is 30.5 Å². The molecule has 0 radical (unpaired) electrons. The van der Waals surface area contributed by atoms with Crippen molar-refractivity contribution in [1.29, 1.82) is 0 Å². The Hall–Kier alpha value is -3.37.